The normalized spacial score (nSPS) is 25.5. The lowest BCUT2D eigenvalue weighted by atomic mass is 10.0. The van der Waals surface area contributed by atoms with Gasteiger partial charge >= 0.3 is 5.97 Å². The Morgan fingerprint density at radius 3 is 2.83 bits per heavy atom. The van der Waals surface area contributed by atoms with E-state index in [1.165, 1.54) is 11.1 Å². The van der Waals surface area contributed by atoms with Gasteiger partial charge in [-0.15, -0.1) is 0 Å². The van der Waals surface area contributed by atoms with Gasteiger partial charge in [0.25, 0.3) is 5.91 Å². The number of rotatable bonds is 2. The largest absolute Gasteiger partial charge is 0.486 e. The first-order valence-corrected chi connectivity index (χ1v) is 7.31. The number of ether oxygens (including phenoxy) is 2. The minimum Gasteiger partial charge on any atom is -0.486 e. The van der Waals surface area contributed by atoms with Crippen molar-refractivity contribution in [2.45, 2.75) is 6.17 Å². The van der Waals surface area contributed by atoms with Crippen molar-refractivity contribution in [2.24, 2.45) is 5.92 Å². The van der Waals surface area contributed by atoms with E-state index >= 15 is 0 Å². The number of hydrazine groups is 1. The number of carbonyl (C=O) groups excluding carboxylic acids is 1. The van der Waals surface area contributed by atoms with Gasteiger partial charge in [-0.05, 0) is 18.2 Å². The molecule has 120 valence electrons. The molecule has 1 aromatic carbocycles. The smallest absolute Gasteiger partial charge is 0.311 e. The number of hydrogen-bond donors (Lipinski definition) is 3. The highest BCUT2D eigenvalue weighted by Crippen LogP contribution is 2.33. The van der Waals surface area contributed by atoms with Gasteiger partial charge in [-0.1, -0.05) is 0 Å². The molecular formula is C15H15N3O5. The third-order valence-corrected chi connectivity index (χ3v) is 4.12. The summed E-state index contributed by atoms with van der Waals surface area (Å²) in [4.78, 5) is 23.5. The van der Waals surface area contributed by atoms with E-state index in [1.54, 1.807) is 12.1 Å². The molecule has 8 heteroatoms. The molecule has 4 rings (SSSR count). The van der Waals surface area contributed by atoms with Crippen molar-refractivity contribution in [1.82, 2.24) is 15.8 Å². The van der Waals surface area contributed by atoms with Crippen molar-refractivity contribution in [3.63, 3.8) is 0 Å². The van der Waals surface area contributed by atoms with Crippen LogP contribution in [0, 0.1) is 5.92 Å². The fraction of sp³-hybridized carbons (Fsp3) is 0.333. The summed E-state index contributed by atoms with van der Waals surface area (Å²) < 4.78 is 11.0. The summed E-state index contributed by atoms with van der Waals surface area (Å²) in [7, 11) is 0. The second kappa shape index (κ2) is 5.17. The van der Waals surface area contributed by atoms with Gasteiger partial charge in [0.15, 0.2) is 11.5 Å². The fourth-order valence-corrected chi connectivity index (χ4v) is 2.96. The number of nitrogens with zero attached hydrogens (tertiary/aromatic N) is 1. The Morgan fingerprint density at radius 2 is 2.04 bits per heavy atom. The zero-order chi connectivity index (χ0) is 16.0. The summed E-state index contributed by atoms with van der Waals surface area (Å²) in [5, 5.41) is 13.7. The second-order valence-corrected chi connectivity index (χ2v) is 5.52. The third kappa shape index (κ3) is 2.27. The average molecular weight is 317 g/mol. The molecule has 1 saturated heterocycles. The van der Waals surface area contributed by atoms with Crippen LogP contribution in [0.25, 0.3) is 5.70 Å². The maximum atomic E-state index is 12.2. The Labute approximate surface area is 131 Å². The number of amides is 1. The Morgan fingerprint density at radius 1 is 1.26 bits per heavy atom. The monoisotopic (exact) mass is 317 g/mol. The van der Waals surface area contributed by atoms with Crippen molar-refractivity contribution in [3.05, 3.63) is 29.8 Å². The summed E-state index contributed by atoms with van der Waals surface area (Å²) in [5.74, 6) is -0.656. The van der Waals surface area contributed by atoms with Crippen LogP contribution in [0.3, 0.4) is 0 Å². The van der Waals surface area contributed by atoms with E-state index in [4.69, 9.17) is 9.47 Å². The lowest BCUT2D eigenvalue weighted by Gasteiger charge is -2.32. The van der Waals surface area contributed by atoms with Crippen molar-refractivity contribution in [1.29, 1.82) is 0 Å². The molecule has 3 aliphatic rings. The van der Waals surface area contributed by atoms with Gasteiger partial charge in [0.1, 0.15) is 25.3 Å². The van der Waals surface area contributed by atoms with Crippen LogP contribution in [-0.2, 0) is 9.59 Å². The van der Waals surface area contributed by atoms with Crippen LogP contribution in [0.1, 0.15) is 5.56 Å². The molecule has 3 heterocycles. The topological polar surface area (TPSA) is 100 Å². The van der Waals surface area contributed by atoms with Gasteiger partial charge in [-0.3, -0.25) is 14.6 Å². The van der Waals surface area contributed by atoms with E-state index in [9.17, 15) is 14.7 Å². The third-order valence-electron chi connectivity index (χ3n) is 4.12. The van der Waals surface area contributed by atoms with Gasteiger partial charge in [-0.2, -0.15) is 0 Å². The first kappa shape index (κ1) is 13.9. The van der Waals surface area contributed by atoms with Crippen molar-refractivity contribution >= 4 is 17.6 Å². The zero-order valence-electron chi connectivity index (χ0n) is 12.1. The lowest BCUT2D eigenvalue weighted by Crippen LogP contribution is -2.53. The molecule has 8 nitrogen and oxygen atoms in total. The molecule has 1 amide bonds. The molecule has 0 bridgehead atoms. The molecule has 0 aromatic heterocycles. The number of benzene rings is 1. The molecule has 0 saturated carbocycles. The summed E-state index contributed by atoms with van der Waals surface area (Å²) in [6.45, 7) is 1.19. The molecule has 0 aliphatic carbocycles. The summed E-state index contributed by atoms with van der Waals surface area (Å²) in [6.07, 6.45) is 0.826. The highest BCUT2D eigenvalue weighted by molar-refractivity contribution is 5.97. The standard InChI is InChI=1S/C15H15N3O5/c19-13-6-10(17-14-9(15(20)21)7-16-18(13)14)8-1-2-11-12(5-8)23-4-3-22-11/h1-2,5-6,9,14,16-17H,3-4,7H2,(H,20,21). The van der Waals surface area contributed by atoms with Crippen LogP contribution < -0.4 is 20.2 Å². The second-order valence-electron chi connectivity index (χ2n) is 5.52. The number of hydrogen-bond acceptors (Lipinski definition) is 6. The Bertz CT molecular complexity index is 717. The lowest BCUT2D eigenvalue weighted by molar-refractivity contribution is -0.143. The van der Waals surface area contributed by atoms with E-state index in [-0.39, 0.29) is 12.5 Å². The Balaban J connectivity index is 1.66. The summed E-state index contributed by atoms with van der Waals surface area (Å²) in [6, 6.07) is 5.38. The van der Waals surface area contributed by atoms with Gasteiger partial charge in [0.05, 0.1) is 0 Å². The number of carboxylic acids is 1. The highest BCUT2D eigenvalue weighted by Gasteiger charge is 2.43. The quantitative estimate of drug-likeness (QED) is 0.693. The van der Waals surface area contributed by atoms with Crippen molar-refractivity contribution in [3.8, 4) is 11.5 Å². The van der Waals surface area contributed by atoms with E-state index in [0.29, 0.717) is 30.4 Å². The number of aliphatic carboxylic acids is 1. The summed E-state index contributed by atoms with van der Waals surface area (Å²) >= 11 is 0. The van der Waals surface area contributed by atoms with Crippen LogP contribution in [0.2, 0.25) is 0 Å². The van der Waals surface area contributed by atoms with Gasteiger partial charge in [0, 0.05) is 23.9 Å². The van der Waals surface area contributed by atoms with E-state index in [1.807, 2.05) is 6.07 Å². The van der Waals surface area contributed by atoms with Crippen LogP contribution in [0.4, 0.5) is 0 Å². The predicted molar refractivity (Wildman–Crippen MR) is 78.3 cm³/mol. The predicted octanol–water partition coefficient (Wildman–Crippen LogP) is -0.224. The highest BCUT2D eigenvalue weighted by atomic mass is 16.6. The first-order chi connectivity index (χ1) is 11.1. The van der Waals surface area contributed by atoms with E-state index in [0.717, 1.165) is 5.56 Å². The molecule has 0 spiro atoms. The minimum absolute atomic E-state index is 0.209. The minimum atomic E-state index is -0.950. The zero-order valence-corrected chi connectivity index (χ0v) is 12.1. The number of carbonyl (C=O) groups is 2. The maximum Gasteiger partial charge on any atom is 0.311 e. The number of fused-ring (bicyclic) bond motifs is 2. The molecule has 23 heavy (non-hydrogen) atoms. The van der Waals surface area contributed by atoms with Crippen LogP contribution in [0.5, 0.6) is 11.5 Å². The maximum absolute atomic E-state index is 12.2. The SMILES string of the molecule is O=C(O)C1CNN2C(=O)C=C(c3ccc4c(c3)OCCO4)NC12. The molecule has 1 fully saturated rings. The number of nitrogens with one attached hydrogen (secondary N) is 2. The first-order valence-electron chi connectivity index (χ1n) is 7.31. The molecule has 0 radical (unpaired) electrons. The van der Waals surface area contributed by atoms with E-state index < -0.39 is 18.1 Å². The molecule has 2 atom stereocenters. The van der Waals surface area contributed by atoms with Crippen LogP contribution in [-0.4, -0.2) is 47.9 Å². The molecule has 1 aromatic rings. The van der Waals surface area contributed by atoms with Gasteiger partial charge in [0.2, 0.25) is 0 Å². The van der Waals surface area contributed by atoms with Gasteiger partial charge < -0.3 is 19.9 Å². The Hall–Kier alpha value is -2.74. The summed E-state index contributed by atoms with van der Waals surface area (Å²) in [5.41, 5.74) is 4.13. The fourth-order valence-electron chi connectivity index (χ4n) is 2.96. The molecular weight excluding hydrogens is 302 g/mol. The number of carboxylic acid groups (broad SMARTS) is 1. The molecule has 3 aliphatic heterocycles. The average Bonchev–Trinajstić information content (AvgIpc) is 2.99. The van der Waals surface area contributed by atoms with E-state index in [2.05, 4.69) is 10.7 Å². The van der Waals surface area contributed by atoms with Crippen molar-refractivity contribution in [2.75, 3.05) is 19.8 Å². The Kier molecular flexibility index (Phi) is 3.12. The molecule has 3 N–H and O–H groups in total. The van der Waals surface area contributed by atoms with Gasteiger partial charge in [-0.25, -0.2) is 5.43 Å². The van der Waals surface area contributed by atoms with Crippen LogP contribution in [0.15, 0.2) is 24.3 Å². The van der Waals surface area contributed by atoms with Crippen LogP contribution >= 0.6 is 0 Å². The molecule has 2 unspecified atom stereocenters. The van der Waals surface area contributed by atoms with Crippen molar-refractivity contribution < 1.29 is 24.2 Å².